The summed E-state index contributed by atoms with van der Waals surface area (Å²) in [5.41, 5.74) is 5.00. The number of carbonyl (C=O) groups is 1. The van der Waals surface area contributed by atoms with Crippen LogP contribution in [-0.4, -0.2) is 20.3 Å². The zero-order chi connectivity index (χ0) is 14.3. The molecule has 0 aliphatic carbocycles. The molecule has 4 heteroatoms. The molecule has 0 amide bonds. The third-order valence-electron chi connectivity index (χ3n) is 3.71. The molecule has 0 atom stereocenters. The number of imidazole rings is 1. The Morgan fingerprint density at radius 3 is 2.75 bits per heavy atom. The van der Waals surface area contributed by atoms with E-state index in [9.17, 15) is 4.79 Å². The largest absolute Gasteiger partial charge is 0.333 e. The summed E-state index contributed by atoms with van der Waals surface area (Å²) in [6, 6.07) is 5.78. The first-order chi connectivity index (χ1) is 9.59. The van der Waals surface area contributed by atoms with E-state index in [2.05, 4.69) is 9.97 Å². The average Bonchev–Trinajstić information content (AvgIpc) is 2.83. The molecular formula is C16H15N3O. The minimum Gasteiger partial charge on any atom is -0.333 e. The molecule has 0 bridgehead atoms. The van der Waals surface area contributed by atoms with Gasteiger partial charge in [0.05, 0.1) is 23.6 Å². The average molecular weight is 265 g/mol. The first-order valence-corrected chi connectivity index (χ1v) is 6.45. The van der Waals surface area contributed by atoms with Crippen molar-refractivity contribution in [3.8, 4) is 0 Å². The van der Waals surface area contributed by atoms with Gasteiger partial charge in [0.25, 0.3) is 0 Å². The van der Waals surface area contributed by atoms with Crippen molar-refractivity contribution in [1.29, 1.82) is 0 Å². The van der Waals surface area contributed by atoms with E-state index in [1.165, 1.54) is 0 Å². The second-order valence-corrected chi connectivity index (χ2v) is 4.99. The summed E-state index contributed by atoms with van der Waals surface area (Å²) in [6.07, 6.45) is 5.00. The fraction of sp³-hybridized carbons (Fsp3) is 0.188. The molecule has 20 heavy (non-hydrogen) atoms. The minimum atomic E-state index is -0.00657. The molecule has 1 aromatic carbocycles. The smallest absolute Gasteiger partial charge is 0.197 e. The topological polar surface area (TPSA) is 47.8 Å². The fourth-order valence-electron chi connectivity index (χ4n) is 2.42. The number of carbonyl (C=O) groups excluding carboxylic acids is 1. The SMILES string of the molecule is Cc1cccc(C(=O)c2cncc3ncn(C)c23)c1C. The Morgan fingerprint density at radius 2 is 1.95 bits per heavy atom. The van der Waals surface area contributed by atoms with Crippen molar-refractivity contribution in [1.82, 2.24) is 14.5 Å². The second kappa shape index (κ2) is 4.56. The standard InChI is InChI=1S/C16H15N3O/c1-10-5-4-6-12(11(10)2)16(20)13-7-17-8-14-15(13)19(3)9-18-14/h4-9H,1-3H3. The summed E-state index contributed by atoms with van der Waals surface area (Å²) in [5.74, 6) is -0.00657. The van der Waals surface area contributed by atoms with Crippen LogP contribution < -0.4 is 0 Å². The van der Waals surface area contributed by atoms with Crippen LogP contribution in [-0.2, 0) is 7.05 Å². The first kappa shape index (κ1) is 12.5. The molecule has 3 rings (SSSR count). The van der Waals surface area contributed by atoms with E-state index in [-0.39, 0.29) is 5.78 Å². The van der Waals surface area contributed by atoms with Gasteiger partial charge in [-0.2, -0.15) is 0 Å². The molecule has 2 heterocycles. The predicted molar refractivity (Wildman–Crippen MR) is 77.9 cm³/mol. The number of hydrogen-bond acceptors (Lipinski definition) is 3. The van der Waals surface area contributed by atoms with Gasteiger partial charge in [0.15, 0.2) is 5.78 Å². The van der Waals surface area contributed by atoms with Crippen LogP contribution in [0.2, 0.25) is 0 Å². The van der Waals surface area contributed by atoms with Crippen LogP contribution in [0.25, 0.3) is 11.0 Å². The molecule has 0 aliphatic rings. The summed E-state index contributed by atoms with van der Waals surface area (Å²) in [4.78, 5) is 21.2. The van der Waals surface area contributed by atoms with Gasteiger partial charge in [-0.05, 0) is 25.0 Å². The minimum absolute atomic E-state index is 0.00657. The lowest BCUT2D eigenvalue weighted by molar-refractivity contribution is 0.103. The van der Waals surface area contributed by atoms with E-state index < -0.39 is 0 Å². The number of rotatable bonds is 2. The highest BCUT2D eigenvalue weighted by Crippen LogP contribution is 2.22. The third-order valence-corrected chi connectivity index (χ3v) is 3.71. The maximum atomic E-state index is 12.8. The number of fused-ring (bicyclic) bond motifs is 1. The molecule has 0 radical (unpaired) electrons. The Labute approximate surface area is 117 Å². The number of ketones is 1. The lowest BCUT2D eigenvalue weighted by atomic mass is 9.96. The van der Waals surface area contributed by atoms with Crippen LogP contribution >= 0.6 is 0 Å². The van der Waals surface area contributed by atoms with Crippen LogP contribution in [0.15, 0.2) is 36.9 Å². The van der Waals surface area contributed by atoms with Crippen molar-refractivity contribution < 1.29 is 4.79 Å². The van der Waals surface area contributed by atoms with Gasteiger partial charge < -0.3 is 4.57 Å². The fourth-order valence-corrected chi connectivity index (χ4v) is 2.42. The number of hydrogen-bond donors (Lipinski definition) is 0. The van der Waals surface area contributed by atoms with E-state index >= 15 is 0 Å². The predicted octanol–water partition coefficient (Wildman–Crippen LogP) is 2.82. The zero-order valence-electron chi connectivity index (χ0n) is 11.7. The molecule has 3 aromatic rings. The highest BCUT2D eigenvalue weighted by Gasteiger charge is 2.17. The monoisotopic (exact) mass is 265 g/mol. The molecule has 0 fully saturated rings. The van der Waals surface area contributed by atoms with E-state index in [4.69, 9.17) is 0 Å². The van der Waals surface area contributed by atoms with E-state index in [1.54, 1.807) is 18.7 Å². The lowest BCUT2D eigenvalue weighted by Crippen LogP contribution is -2.07. The molecule has 0 N–H and O–H groups in total. The normalized spacial score (nSPS) is 10.9. The van der Waals surface area contributed by atoms with Gasteiger partial charge in [-0.3, -0.25) is 9.78 Å². The Kier molecular flexibility index (Phi) is 2.86. The molecule has 0 unspecified atom stereocenters. The quantitative estimate of drug-likeness (QED) is 0.669. The third kappa shape index (κ3) is 1.81. The number of nitrogens with zero attached hydrogens (tertiary/aromatic N) is 3. The van der Waals surface area contributed by atoms with Crippen molar-refractivity contribution in [3.05, 3.63) is 59.2 Å². The van der Waals surface area contributed by atoms with Crippen LogP contribution in [0.5, 0.6) is 0 Å². The number of pyridine rings is 1. The van der Waals surface area contributed by atoms with Gasteiger partial charge in [-0.25, -0.2) is 4.98 Å². The molecule has 4 nitrogen and oxygen atoms in total. The van der Waals surface area contributed by atoms with Crippen molar-refractivity contribution in [2.75, 3.05) is 0 Å². The molecule has 0 saturated heterocycles. The van der Waals surface area contributed by atoms with E-state index in [0.29, 0.717) is 5.56 Å². The maximum absolute atomic E-state index is 12.8. The molecule has 0 saturated carbocycles. The van der Waals surface area contributed by atoms with E-state index in [0.717, 1.165) is 27.7 Å². The summed E-state index contributed by atoms with van der Waals surface area (Å²) in [5, 5.41) is 0. The zero-order valence-corrected chi connectivity index (χ0v) is 11.7. The van der Waals surface area contributed by atoms with Crippen LogP contribution in [0, 0.1) is 13.8 Å². The van der Waals surface area contributed by atoms with Crippen molar-refractivity contribution in [2.24, 2.45) is 7.05 Å². The Morgan fingerprint density at radius 1 is 1.15 bits per heavy atom. The van der Waals surface area contributed by atoms with Crippen molar-refractivity contribution in [2.45, 2.75) is 13.8 Å². The first-order valence-electron chi connectivity index (χ1n) is 6.45. The summed E-state index contributed by atoms with van der Waals surface area (Å²) in [7, 11) is 1.88. The number of aryl methyl sites for hydroxylation is 2. The summed E-state index contributed by atoms with van der Waals surface area (Å²) < 4.78 is 1.86. The Bertz CT molecular complexity index is 818. The van der Waals surface area contributed by atoms with Crippen LogP contribution in [0.4, 0.5) is 0 Å². The number of aromatic nitrogens is 3. The van der Waals surface area contributed by atoms with Gasteiger partial charge in [0.2, 0.25) is 0 Å². The summed E-state index contributed by atoms with van der Waals surface area (Å²) in [6.45, 7) is 3.98. The molecular weight excluding hydrogens is 250 g/mol. The molecule has 100 valence electrons. The lowest BCUT2D eigenvalue weighted by Gasteiger charge is -2.09. The highest BCUT2D eigenvalue weighted by molar-refractivity contribution is 6.15. The molecule has 2 aromatic heterocycles. The van der Waals surface area contributed by atoms with Gasteiger partial charge in [-0.1, -0.05) is 18.2 Å². The van der Waals surface area contributed by atoms with Crippen molar-refractivity contribution >= 4 is 16.8 Å². The Hall–Kier alpha value is -2.49. The van der Waals surface area contributed by atoms with Gasteiger partial charge >= 0.3 is 0 Å². The van der Waals surface area contributed by atoms with Crippen LogP contribution in [0.3, 0.4) is 0 Å². The van der Waals surface area contributed by atoms with E-state index in [1.807, 2.05) is 43.7 Å². The highest BCUT2D eigenvalue weighted by atomic mass is 16.1. The Balaban J connectivity index is 2.23. The van der Waals surface area contributed by atoms with Gasteiger partial charge in [0, 0.05) is 18.8 Å². The second-order valence-electron chi connectivity index (χ2n) is 4.99. The van der Waals surface area contributed by atoms with Gasteiger partial charge in [0.1, 0.15) is 5.52 Å². The summed E-state index contributed by atoms with van der Waals surface area (Å²) >= 11 is 0. The molecule has 0 aliphatic heterocycles. The number of benzene rings is 1. The van der Waals surface area contributed by atoms with Crippen molar-refractivity contribution in [3.63, 3.8) is 0 Å². The van der Waals surface area contributed by atoms with Crippen LogP contribution in [0.1, 0.15) is 27.0 Å². The van der Waals surface area contributed by atoms with Gasteiger partial charge in [-0.15, -0.1) is 0 Å². The molecule has 0 spiro atoms. The maximum Gasteiger partial charge on any atom is 0.197 e.